The Labute approximate surface area is 134 Å². The third-order valence-corrected chi connectivity index (χ3v) is 7.27. The second-order valence-corrected chi connectivity index (χ2v) is 8.95. The van der Waals surface area contributed by atoms with Crippen molar-refractivity contribution < 1.29 is 8.42 Å². The van der Waals surface area contributed by atoms with E-state index >= 15 is 0 Å². The maximum absolute atomic E-state index is 11.8. The quantitative estimate of drug-likeness (QED) is 0.849. The number of anilines is 1. The molecule has 4 rings (SSSR count). The lowest BCUT2D eigenvalue weighted by Crippen LogP contribution is -2.59. The van der Waals surface area contributed by atoms with Crippen molar-refractivity contribution >= 4 is 26.9 Å². The maximum Gasteiger partial charge on any atom is 0.214 e. The van der Waals surface area contributed by atoms with Crippen LogP contribution in [0.25, 0.3) is 11.0 Å². The van der Waals surface area contributed by atoms with Gasteiger partial charge in [-0.2, -0.15) is 5.10 Å². The van der Waals surface area contributed by atoms with Gasteiger partial charge in [-0.05, 0) is 38.1 Å². The molecule has 2 saturated carbocycles. The number of aromatic amines is 1. The van der Waals surface area contributed by atoms with Crippen LogP contribution in [-0.4, -0.2) is 54.0 Å². The first-order chi connectivity index (χ1) is 10.9. The van der Waals surface area contributed by atoms with Gasteiger partial charge in [0, 0.05) is 13.1 Å². The fourth-order valence-electron chi connectivity index (χ4n) is 4.05. The Hall–Kier alpha value is -1.74. The smallest absolute Gasteiger partial charge is 0.214 e. The summed E-state index contributed by atoms with van der Waals surface area (Å²) in [4.78, 5) is 10.7. The molecule has 0 amide bonds. The number of nitrogens with zero attached hydrogens (tertiary/aromatic N) is 4. The molecule has 0 aromatic carbocycles. The van der Waals surface area contributed by atoms with Crippen molar-refractivity contribution in [3.8, 4) is 0 Å². The molecule has 0 aliphatic heterocycles. The van der Waals surface area contributed by atoms with Gasteiger partial charge >= 0.3 is 0 Å². The first-order valence-corrected chi connectivity index (χ1v) is 9.28. The van der Waals surface area contributed by atoms with Gasteiger partial charge in [0.1, 0.15) is 12.1 Å². The normalized spacial score (nSPS) is 30.2. The summed E-state index contributed by atoms with van der Waals surface area (Å²) >= 11 is 0. The SMILES string of the molecule is CNS(=O)(=O)C1CC2(CC(N(C)c3ncnc4[nH]ncc34)C2)C1. The minimum atomic E-state index is -3.12. The zero-order valence-electron chi connectivity index (χ0n) is 13.2. The van der Waals surface area contributed by atoms with Crippen LogP contribution in [0, 0.1) is 5.41 Å². The molecule has 0 atom stereocenters. The molecule has 8 nitrogen and oxygen atoms in total. The van der Waals surface area contributed by atoms with E-state index < -0.39 is 10.0 Å². The topological polar surface area (TPSA) is 104 Å². The van der Waals surface area contributed by atoms with Crippen LogP contribution in [0.3, 0.4) is 0 Å². The van der Waals surface area contributed by atoms with Crippen molar-refractivity contribution in [3.63, 3.8) is 0 Å². The molecule has 0 saturated heterocycles. The summed E-state index contributed by atoms with van der Waals surface area (Å²) < 4.78 is 26.1. The van der Waals surface area contributed by atoms with Gasteiger partial charge in [-0.15, -0.1) is 0 Å². The molecular formula is C14H20N6O2S. The van der Waals surface area contributed by atoms with E-state index in [1.54, 1.807) is 12.5 Å². The van der Waals surface area contributed by atoms with Crippen LogP contribution in [0.15, 0.2) is 12.5 Å². The summed E-state index contributed by atoms with van der Waals surface area (Å²) in [5.41, 5.74) is 0.940. The summed E-state index contributed by atoms with van der Waals surface area (Å²) in [7, 11) is 0.407. The number of hydrogen-bond donors (Lipinski definition) is 2. The van der Waals surface area contributed by atoms with Crippen molar-refractivity contribution in [2.45, 2.75) is 37.0 Å². The highest BCUT2D eigenvalue weighted by Crippen LogP contribution is 2.59. The van der Waals surface area contributed by atoms with E-state index in [0.717, 1.165) is 42.5 Å². The first-order valence-electron chi connectivity index (χ1n) is 7.73. The average molecular weight is 336 g/mol. The molecule has 0 unspecified atom stereocenters. The van der Waals surface area contributed by atoms with Gasteiger partial charge in [-0.3, -0.25) is 5.10 Å². The molecule has 124 valence electrons. The highest BCUT2D eigenvalue weighted by molar-refractivity contribution is 7.90. The van der Waals surface area contributed by atoms with Crippen molar-refractivity contribution in [2.75, 3.05) is 19.0 Å². The summed E-state index contributed by atoms with van der Waals surface area (Å²) in [6.07, 6.45) is 6.86. The van der Waals surface area contributed by atoms with Crippen molar-refractivity contribution in [1.82, 2.24) is 24.9 Å². The first kappa shape index (κ1) is 14.8. The van der Waals surface area contributed by atoms with Crippen LogP contribution in [0.2, 0.25) is 0 Å². The second-order valence-electron chi connectivity index (χ2n) is 6.78. The predicted octanol–water partition coefficient (Wildman–Crippen LogP) is 0.649. The van der Waals surface area contributed by atoms with Crippen LogP contribution in [0.1, 0.15) is 25.7 Å². The lowest BCUT2D eigenvalue weighted by Gasteiger charge is -2.59. The van der Waals surface area contributed by atoms with Gasteiger partial charge < -0.3 is 4.90 Å². The van der Waals surface area contributed by atoms with Crippen molar-refractivity contribution in [2.24, 2.45) is 5.41 Å². The van der Waals surface area contributed by atoms with E-state index in [4.69, 9.17) is 0 Å². The number of H-pyrrole nitrogens is 1. The maximum atomic E-state index is 11.8. The van der Waals surface area contributed by atoms with E-state index in [1.165, 1.54) is 7.05 Å². The fraction of sp³-hybridized carbons (Fsp3) is 0.643. The molecule has 23 heavy (non-hydrogen) atoms. The molecule has 0 radical (unpaired) electrons. The molecule has 2 N–H and O–H groups in total. The zero-order chi connectivity index (χ0) is 16.2. The van der Waals surface area contributed by atoms with E-state index in [1.807, 2.05) is 7.05 Å². The Morgan fingerprint density at radius 2 is 2.04 bits per heavy atom. The van der Waals surface area contributed by atoms with E-state index in [0.29, 0.717) is 6.04 Å². The van der Waals surface area contributed by atoms with Gasteiger partial charge in [0.15, 0.2) is 5.65 Å². The minimum absolute atomic E-state index is 0.204. The Morgan fingerprint density at radius 1 is 1.30 bits per heavy atom. The van der Waals surface area contributed by atoms with Gasteiger partial charge in [0.05, 0.1) is 16.8 Å². The molecule has 9 heteroatoms. The average Bonchev–Trinajstić information content (AvgIpc) is 2.92. The Kier molecular flexibility index (Phi) is 3.14. The minimum Gasteiger partial charge on any atom is -0.356 e. The molecule has 2 aromatic rings. The number of aromatic nitrogens is 4. The number of rotatable bonds is 4. The molecule has 2 fully saturated rings. The number of fused-ring (bicyclic) bond motifs is 1. The monoisotopic (exact) mass is 336 g/mol. The fourth-order valence-corrected chi connectivity index (χ4v) is 5.52. The summed E-state index contributed by atoms with van der Waals surface area (Å²) in [6, 6.07) is 0.390. The number of sulfonamides is 1. The summed E-state index contributed by atoms with van der Waals surface area (Å²) in [6.45, 7) is 0. The standard InChI is InChI=1S/C14H20N6O2S/c1-15-23(21,22)10-5-14(6-10)3-9(4-14)20(2)13-11-7-18-19-12(11)16-8-17-13/h7-10,15H,3-6H2,1-2H3,(H,16,17,18,19). The van der Waals surface area contributed by atoms with Crippen LogP contribution in [0.5, 0.6) is 0 Å². The zero-order valence-corrected chi connectivity index (χ0v) is 14.0. The predicted molar refractivity (Wildman–Crippen MR) is 86.5 cm³/mol. The number of nitrogens with one attached hydrogen (secondary N) is 2. The second kappa shape index (κ2) is 4.88. The van der Waals surface area contributed by atoms with Gasteiger partial charge in [-0.25, -0.2) is 23.1 Å². The summed E-state index contributed by atoms with van der Waals surface area (Å²) in [5.74, 6) is 0.877. The number of hydrogen-bond acceptors (Lipinski definition) is 6. The molecule has 1 spiro atoms. The van der Waals surface area contributed by atoms with Crippen LogP contribution in [-0.2, 0) is 10.0 Å². The molecule has 2 aromatic heterocycles. The lowest BCUT2D eigenvalue weighted by molar-refractivity contribution is 0.0135. The third kappa shape index (κ3) is 2.21. The summed E-state index contributed by atoms with van der Waals surface area (Å²) in [5, 5.41) is 7.57. The largest absolute Gasteiger partial charge is 0.356 e. The van der Waals surface area contributed by atoms with E-state index in [9.17, 15) is 8.42 Å². The van der Waals surface area contributed by atoms with E-state index in [-0.39, 0.29) is 10.7 Å². The molecular weight excluding hydrogens is 316 g/mol. The van der Waals surface area contributed by atoms with Crippen molar-refractivity contribution in [3.05, 3.63) is 12.5 Å². The van der Waals surface area contributed by atoms with Gasteiger partial charge in [0.25, 0.3) is 0 Å². The molecule has 0 bridgehead atoms. The lowest BCUT2D eigenvalue weighted by atomic mass is 9.53. The Balaban J connectivity index is 1.44. The van der Waals surface area contributed by atoms with Gasteiger partial charge in [0.2, 0.25) is 10.0 Å². The van der Waals surface area contributed by atoms with Crippen LogP contribution >= 0.6 is 0 Å². The van der Waals surface area contributed by atoms with Crippen LogP contribution in [0.4, 0.5) is 5.82 Å². The molecule has 2 aliphatic rings. The van der Waals surface area contributed by atoms with Crippen LogP contribution < -0.4 is 9.62 Å². The van der Waals surface area contributed by atoms with Gasteiger partial charge in [-0.1, -0.05) is 0 Å². The van der Waals surface area contributed by atoms with Crippen molar-refractivity contribution in [1.29, 1.82) is 0 Å². The molecule has 2 aliphatic carbocycles. The van der Waals surface area contributed by atoms with E-state index in [2.05, 4.69) is 29.8 Å². The Morgan fingerprint density at radius 3 is 2.74 bits per heavy atom. The molecule has 2 heterocycles. The third-order valence-electron chi connectivity index (χ3n) is 5.49. The highest BCUT2D eigenvalue weighted by Gasteiger charge is 2.57. The highest BCUT2D eigenvalue weighted by atomic mass is 32.2. The Bertz CT molecular complexity index is 834.